The summed E-state index contributed by atoms with van der Waals surface area (Å²) in [5.41, 5.74) is 0.326. The molecule has 2 atom stereocenters. The van der Waals surface area contributed by atoms with Crippen LogP contribution in [0.15, 0.2) is 24.3 Å². The number of amides is 2. The van der Waals surface area contributed by atoms with E-state index in [0.29, 0.717) is 17.2 Å². The fraction of sp³-hybridized carbons (Fsp3) is 0.526. The quantitative estimate of drug-likeness (QED) is 0.720. The fourth-order valence-electron chi connectivity index (χ4n) is 3.06. The van der Waals surface area contributed by atoms with Crippen LogP contribution in [0.2, 0.25) is 0 Å². The number of methoxy groups -OCH3 is 1. The number of ether oxygens (including phenoxy) is 2. The van der Waals surface area contributed by atoms with Crippen LogP contribution in [-0.4, -0.2) is 44.1 Å². The summed E-state index contributed by atoms with van der Waals surface area (Å²) in [7, 11) is 1.46. The van der Waals surface area contributed by atoms with Gasteiger partial charge in [0.1, 0.15) is 12.3 Å². The van der Waals surface area contributed by atoms with Gasteiger partial charge in [0.2, 0.25) is 0 Å². The van der Waals surface area contributed by atoms with Gasteiger partial charge in [-0.3, -0.25) is 14.4 Å². The number of hydrogen-bond donors (Lipinski definition) is 2. The first-order chi connectivity index (χ1) is 12.5. The van der Waals surface area contributed by atoms with Crippen molar-refractivity contribution >= 4 is 17.8 Å². The summed E-state index contributed by atoms with van der Waals surface area (Å²) in [5.74, 6) is -0.573. The van der Waals surface area contributed by atoms with E-state index in [-0.39, 0.29) is 25.1 Å². The normalized spacial score (nSPS) is 19.3. The molecule has 0 spiro atoms. The van der Waals surface area contributed by atoms with Crippen molar-refractivity contribution in [3.8, 4) is 5.75 Å². The van der Waals surface area contributed by atoms with Crippen LogP contribution in [0.1, 0.15) is 43.0 Å². The van der Waals surface area contributed by atoms with Gasteiger partial charge in [0.15, 0.2) is 6.61 Å². The molecule has 1 aliphatic carbocycles. The molecule has 1 saturated carbocycles. The molecule has 0 aliphatic heterocycles. The zero-order chi connectivity index (χ0) is 18.9. The van der Waals surface area contributed by atoms with Gasteiger partial charge in [-0.2, -0.15) is 0 Å². The van der Waals surface area contributed by atoms with E-state index >= 15 is 0 Å². The number of para-hydroxylation sites is 1. The molecule has 0 unspecified atom stereocenters. The van der Waals surface area contributed by atoms with Gasteiger partial charge >= 0.3 is 5.97 Å². The molecule has 1 aromatic rings. The molecule has 0 bridgehead atoms. The first-order valence-electron chi connectivity index (χ1n) is 8.87. The summed E-state index contributed by atoms with van der Waals surface area (Å²) in [6.07, 6.45) is 4.34. The van der Waals surface area contributed by atoms with Crippen LogP contribution in [-0.2, 0) is 14.3 Å². The van der Waals surface area contributed by atoms with Gasteiger partial charge in [0.05, 0.1) is 12.7 Å². The molecule has 2 amide bonds. The summed E-state index contributed by atoms with van der Waals surface area (Å²) in [6, 6.07) is 6.84. The highest BCUT2D eigenvalue weighted by molar-refractivity contribution is 5.98. The molecule has 0 radical (unpaired) electrons. The minimum Gasteiger partial charge on any atom is -0.496 e. The van der Waals surface area contributed by atoms with Gasteiger partial charge in [0.25, 0.3) is 11.8 Å². The lowest BCUT2D eigenvalue weighted by molar-refractivity contribution is -0.147. The van der Waals surface area contributed by atoms with Gasteiger partial charge in [-0.15, -0.1) is 0 Å². The second kappa shape index (κ2) is 9.79. The van der Waals surface area contributed by atoms with Crippen molar-refractivity contribution in [2.75, 3.05) is 20.3 Å². The lowest BCUT2D eigenvalue weighted by Crippen LogP contribution is -2.43. The second-order valence-electron chi connectivity index (χ2n) is 6.48. The van der Waals surface area contributed by atoms with Crippen LogP contribution in [0.25, 0.3) is 0 Å². The molecule has 0 aromatic heterocycles. The van der Waals surface area contributed by atoms with Gasteiger partial charge < -0.3 is 20.1 Å². The van der Waals surface area contributed by atoms with E-state index in [0.717, 1.165) is 19.3 Å². The van der Waals surface area contributed by atoms with Crippen molar-refractivity contribution in [1.29, 1.82) is 0 Å². The minimum atomic E-state index is -0.667. The third-order valence-electron chi connectivity index (χ3n) is 4.57. The smallest absolute Gasteiger partial charge is 0.325 e. The summed E-state index contributed by atoms with van der Waals surface area (Å²) in [4.78, 5) is 35.7. The third-order valence-corrected chi connectivity index (χ3v) is 4.57. The third kappa shape index (κ3) is 5.75. The van der Waals surface area contributed by atoms with E-state index in [1.807, 2.05) is 0 Å². The predicted molar refractivity (Wildman–Crippen MR) is 95.8 cm³/mol. The standard InChI is InChI=1S/C19H26N2O5/c1-13-7-3-5-9-15(13)21-17(22)12-26-18(23)11-20-19(24)14-8-4-6-10-16(14)25-2/h4,6,8,10,13,15H,3,5,7,9,11-12H2,1-2H3,(H,20,24)(H,21,22)/t13-,15-/m1/s1. The van der Waals surface area contributed by atoms with Crippen molar-refractivity contribution in [1.82, 2.24) is 10.6 Å². The van der Waals surface area contributed by atoms with Gasteiger partial charge in [0, 0.05) is 6.04 Å². The van der Waals surface area contributed by atoms with E-state index in [2.05, 4.69) is 17.6 Å². The average molecular weight is 362 g/mol. The number of carbonyl (C=O) groups is 3. The second-order valence-corrected chi connectivity index (χ2v) is 6.48. The lowest BCUT2D eigenvalue weighted by atomic mass is 9.86. The lowest BCUT2D eigenvalue weighted by Gasteiger charge is -2.29. The zero-order valence-electron chi connectivity index (χ0n) is 15.2. The summed E-state index contributed by atoms with van der Waals surface area (Å²) < 4.78 is 10.0. The molecule has 7 nitrogen and oxygen atoms in total. The predicted octanol–water partition coefficient (Wildman–Crippen LogP) is 1.66. The molecule has 2 rings (SSSR count). The summed E-state index contributed by atoms with van der Waals surface area (Å²) in [6.45, 7) is 1.46. The maximum Gasteiger partial charge on any atom is 0.325 e. The van der Waals surface area contributed by atoms with E-state index < -0.39 is 11.9 Å². The minimum absolute atomic E-state index is 0.139. The molecule has 26 heavy (non-hydrogen) atoms. The van der Waals surface area contributed by atoms with Crippen molar-refractivity contribution < 1.29 is 23.9 Å². The number of rotatable bonds is 7. The van der Waals surface area contributed by atoms with E-state index in [4.69, 9.17) is 9.47 Å². The van der Waals surface area contributed by atoms with Gasteiger partial charge in [-0.25, -0.2) is 0 Å². The van der Waals surface area contributed by atoms with Crippen molar-refractivity contribution in [3.05, 3.63) is 29.8 Å². The molecule has 142 valence electrons. The molecule has 7 heteroatoms. The Balaban J connectivity index is 1.71. The molecule has 0 heterocycles. The van der Waals surface area contributed by atoms with E-state index in [1.165, 1.54) is 13.5 Å². The molecule has 2 N–H and O–H groups in total. The number of hydrogen-bond acceptors (Lipinski definition) is 5. The van der Waals surface area contributed by atoms with Crippen LogP contribution in [0.4, 0.5) is 0 Å². The zero-order valence-corrected chi connectivity index (χ0v) is 15.2. The Morgan fingerprint density at radius 3 is 2.62 bits per heavy atom. The van der Waals surface area contributed by atoms with Crippen molar-refractivity contribution in [3.63, 3.8) is 0 Å². The largest absolute Gasteiger partial charge is 0.496 e. The van der Waals surface area contributed by atoms with Crippen LogP contribution in [0.3, 0.4) is 0 Å². The highest BCUT2D eigenvalue weighted by Crippen LogP contribution is 2.23. The Labute approximate surface area is 153 Å². The molecular formula is C19H26N2O5. The maximum absolute atomic E-state index is 12.1. The maximum atomic E-state index is 12.1. The Morgan fingerprint density at radius 2 is 1.88 bits per heavy atom. The Kier molecular flexibility index (Phi) is 7.44. The average Bonchev–Trinajstić information content (AvgIpc) is 2.66. The Bertz CT molecular complexity index is 647. The Morgan fingerprint density at radius 1 is 1.15 bits per heavy atom. The van der Waals surface area contributed by atoms with Crippen molar-refractivity contribution in [2.45, 2.75) is 38.6 Å². The number of benzene rings is 1. The van der Waals surface area contributed by atoms with E-state index in [1.54, 1.807) is 24.3 Å². The molecule has 0 saturated heterocycles. The SMILES string of the molecule is COc1ccccc1C(=O)NCC(=O)OCC(=O)N[C@@H]1CCCC[C@H]1C. The Hall–Kier alpha value is -2.57. The highest BCUT2D eigenvalue weighted by Gasteiger charge is 2.23. The fourth-order valence-corrected chi connectivity index (χ4v) is 3.06. The van der Waals surface area contributed by atoms with Crippen molar-refractivity contribution in [2.24, 2.45) is 5.92 Å². The first-order valence-corrected chi connectivity index (χ1v) is 8.87. The molecule has 1 aromatic carbocycles. The molecular weight excluding hydrogens is 336 g/mol. The molecule has 1 aliphatic rings. The summed E-state index contributed by atoms with van der Waals surface area (Å²) in [5, 5.41) is 5.37. The monoisotopic (exact) mass is 362 g/mol. The van der Waals surface area contributed by atoms with Gasteiger partial charge in [-0.1, -0.05) is 31.9 Å². The van der Waals surface area contributed by atoms with Crippen LogP contribution in [0, 0.1) is 5.92 Å². The van der Waals surface area contributed by atoms with Crippen LogP contribution < -0.4 is 15.4 Å². The number of nitrogens with one attached hydrogen (secondary N) is 2. The van der Waals surface area contributed by atoms with E-state index in [9.17, 15) is 14.4 Å². The van der Waals surface area contributed by atoms with Crippen LogP contribution in [0.5, 0.6) is 5.75 Å². The molecule has 1 fully saturated rings. The topological polar surface area (TPSA) is 93.7 Å². The first kappa shape index (κ1) is 19.8. The highest BCUT2D eigenvalue weighted by atomic mass is 16.5. The summed E-state index contributed by atoms with van der Waals surface area (Å²) >= 11 is 0. The number of esters is 1. The van der Waals surface area contributed by atoms with Gasteiger partial charge in [-0.05, 0) is 30.9 Å². The van der Waals surface area contributed by atoms with Crippen LogP contribution >= 0.6 is 0 Å². The number of carbonyl (C=O) groups excluding carboxylic acids is 3.